The maximum Gasteiger partial charge on any atom is 0.631 e. The molecule has 0 unspecified atom stereocenters. The molecule has 1 rings (SSSR count). The number of rotatable bonds is 8. The third-order valence-corrected chi connectivity index (χ3v) is 5.42. The van der Waals surface area contributed by atoms with Crippen molar-refractivity contribution in [2.75, 3.05) is 4.98 Å². The van der Waals surface area contributed by atoms with Crippen LogP contribution in [0.2, 0.25) is 0 Å². The summed E-state index contributed by atoms with van der Waals surface area (Å²) in [5.41, 5.74) is 1.42. The molecule has 0 spiro atoms. The molecule has 0 atom stereocenters. The monoisotopic (exact) mass is 322 g/mol. The number of hydrogen-bond donors (Lipinski definition) is 1. The fraction of sp³-hybridized carbons (Fsp3) is 0.562. The fourth-order valence-electron chi connectivity index (χ4n) is 1.91. The first kappa shape index (κ1) is 18.7. The molecule has 1 N–H and O–H groups in total. The average Bonchev–Trinajstić information content (AvgIpc) is 2.36. The molecule has 0 aliphatic heterocycles. The van der Waals surface area contributed by atoms with E-state index < -0.39 is 8.97 Å². The first-order valence-electron chi connectivity index (χ1n) is 7.58. The second-order valence-electron chi connectivity index (χ2n) is 5.87. The molecule has 0 heterocycles. The molecule has 0 radical (unpaired) electrons. The van der Waals surface area contributed by atoms with Crippen molar-refractivity contribution < 1.29 is 13.3 Å². The first-order chi connectivity index (χ1) is 10.3. The molecular formula is C16H26N2O3Si. The van der Waals surface area contributed by atoms with Gasteiger partial charge in [-0.05, 0) is 65.8 Å². The molecule has 0 saturated carbocycles. The normalized spacial score (nSPS) is 12.0. The number of nitriles is 1. The quantitative estimate of drug-likeness (QED) is 0.740. The van der Waals surface area contributed by atoms with E-state index in [1.165, 1.54) is 0 Å². The van der Waals surface area contributed by atoms with E-state index in [1.807, 2.05) is 53.7 Å². The summed E-state index contributed by atoms with van der Waals surface area (Å²) in [6, 6.07) is 9.27. The van der Waals surface area contributed by atoms with Gasteiger partial charge in [-0.25, -0.2) is 0 Å². The van der Waals surface area contributed by atoms with E-state index in [9.17, 15) is 0 Å². The molecule has 1 aromatic rings. The summed E-state index contributed by atoms with van der Waals surface area (Å²) in [5, 5.41) is 8.88. The Hall–Kier alpha value is -1.39. The van der Waals surface area contributed by atoms with E-state index in [-0.39, 0.29) is 18.3 Å². The molecule has 0 aliphatic rings. The maximum atomic E-state index is 8.88. The molecule has 6 heteroatoms. The minimum Gasteiger partial charge on any atom is -0.354 e. The van der Waals surface area contributed by atoms with Crippen molar-refractivity contribution in [1.29, 1.82) is 5.26 Å². The Bertz CT molecular complexity index is 469. The molecule has 1 aromatic carbocycles. The zero-order chi connectivity index (χ0) is 16.8. The summed E-state index contributed by atoms with van der Waals surface area (Å²) in [4.78, 5) is 3.30. The van der Waals surface area contributed by atoms with Crippen LogP contribution in [-0.2, 0) is 13.3 Å². The Balaban J connectivity index is 3.06. The van der Waals surface area contributed by atoms with Crippen molar-refractivity contribution in [2.45, 2.75) is 59.9 Å². The number of nitrogens with one attached hydrogen (secondary N) is 1. The van der Waals surface area contributed by atoms with Gasteiger partial charge in [0.25, 0.3) is 0 Å². The number of benzene rings is 1. The van der Waals surface area contributed by atoms with Crippen LogP contribution >= 0.6 is 0 Å². The summed E-state index contributed by atoms with van der Waals surface area (Å²) in [7, 11) is -3.09. The van der Waals surface area contributed by atoms with Gasteiger partial charge in [-0.15, -0.1) is 0 Å². The van der Waals surface area contributed by atoms with Gasteiger partial charge in [0.1, 0.15) is 0 Å². The lowest BCUT2D eigenvalue weighted by Crippen LogP contribution is -2.57. The zero-order valence-corrected chi connectivity index (χ0v) is 15.2. The van der Waals surface area contributed by atoms with Gasteiger partial charge in [0, 0.05) is 24.0 Å². The third kappa shape index (κ3) is 6.16. The summed E-state index contributed by atoms with van der Waals surface area (Å²) in [5.74, 6) is 0. The van der Waals surface area contributed by atoms with Gasteiger partial charge in [-0.1, -0.05) is 0 Å². The standard InChI is InChI=1S/C16H26N2O3Si/c1-12(2)19-22(20-13(3)4,21-14(5)6)18-16-9-7-15(11-17)8-10-16/h7-10,12-14,18H,1-6H3. The van der Waals surface area contributed by atoms with E-state index in [1.54, 1.807) is 12.1 Å². The van der Waals surface area contributed by atoms with Crippen molar-refractivity contribution in [1.82, 2.24) is 0 Å². The van der Waals surface area contributed by atoms with Crippen LogP contribution in [0, 0.1) is 11.3 Å². The van der Waals surface area contributed by atoms with Gasteiger partial charge in [-0.3, -0.25) is 0 Å². The van der Waals surface area contributed by atoms with Crippen LogP contribution in [-0.4, -0.2) is 27.3 Å². The highest BCUT2D eigenvalue weighted by molar-refractivity contribution is 6.64. The van der Waals surface area contributed by atoms with Crippen LogP contribution in [0.4, 0.5) is 5.69 Å². The molecule has 0 bridgehead atoms. The topological polar surface area (TPSA) is 63.5 Å². The van der Waals surface area contributed by atoms with Gasteiger partial charge in [0.15, 0.2) is 0 Å². The van der Waals surface area contributed by atoms with Crippen LogP contribution in [0.25, 0.3) is 0 Å². The summed E-state index contributed by atoms with van der Waals surface area (Å²) in [6.45, 7) is 11.7. The van der Waals surface area contributed by atoms with Crippen LogP contribution < -0.4 is 4.98 Å². The molecular weight excluding hydrogens is 296 g/mol. The third-order valence-electron chi connectivity index (χ3n) is 2.48. The van der Waals surface area contributed by atoms with Gasteiger partial charge < -0.3 is 18.3 Å². The smallest absolute Gasteiger partial charge is 0.354 e. The van der Waals surface area contributed by atoms with Crippen molar-refractivity contribution in [3.63, 3.8) is 0 Å². The van der Waals surface area contributed by atoms with Crippen LogP contribution in [0.3, 0.4) is 0 Å². The lowest BCUT2D eigenvalue weighted by Gasteiger charge is -2.34. The minimum atomic E-state index is -3.09. The van der Waals surface area contributed by atoms with Crippen molar-refractivity contribution >= 4 is 14.7 Å². The molecule has 0 aromatic heterocycles. The van der Waals surface area contributed by atoms with Gasteiger partial charge in [0.05, 0.1) is 11.6 Å². The van der Waals surface area contributed by atoms with E-state index in [0.717, 1.165) is 5.69 Å². The molecule has 0 aliphatic carbocycles. The summed E-state index contributed by atoms with van der Waals surface area (Å²) < 4.78 is 18.1. The van der Waals surface area contributed by atoms with Crippen molar-refractivity contribution in [3.05, 3.63) is 29.8 Å². The molecule has 5 nitrogen and oxygen atoms in total. The minimum absolute atomic E-state index is 0.0324. The average molecular weight is 322 g/mol. The second kappa shape index (κ2) is 8.29. The molecule has 0 saturated heterocycles. The van der Waals surface area contributed by atoms with Gasteiger partial charge >= 0.3 is 8.97 Å². The van der Waals surface area contributed by atoms with Crippen molar-refractivity contribution in [3.8, 4) is 6.07 Å². The van der Waals surface area contributed by atoms with E-state index >= 15 is 0 Å². The van der Waals surface area contributed by atoms with Gasteiger partial charge in [0.2, 0.25) is 0 Å². The van der Waals surface area contributed by atoms with E-state index in [4.69, 9.17) is 18.5 Å². The zero-order valence-electron chi connectivity index (χ0n) is 14.2. The summed E-state index contributed by atoms with van der Waals surface area (Å²) in [6.07, 6.45) is -0.0971. The summed E-state index contributed by atoms with van der Waals surface area (Å²) >= 11 is 0. The number of hydrogen-bond acceptors (Lipinski definition) is 5. The fourth-order valence-corrected chi connectivity index (χ4v) is 4.63. The Labute approximate surface area is 134 Å². The van der Waals surface area contributed by atoms with Crippen LogP contribution in [0.1, 0.15) is 47.1 Å². The van der Waals surface area contributed by atoms with Crippen LogP contribution in [0.5, 0.6) is 0 Å². The predicted molar refractivity (Wildman–Crippen MR) is 89.2 cm³/mol. The number of nitrogens with zero attached hydrogens (tertiary/aromatic N) is 1. The highest BCUT2D eigenvalue weighted by atomic mass is 28.4. The highest BCUT2D eigenvalue weighted by Crippen LogP contribution is 2.21. The van der Waals surface area contributed by atoms with E-state index in [0.29, 0.717) is 5.56 Å². The highest BCUT2D eigenvalue weighted by Gasteiger charge is 2.46. The Morgan fingerprint density at radius 2 is 1.27 bits per heavy atom. The lowest BCUT2D eigenvalue weighted by atomic mass is 10.2. The van der Waals surface area contributed by atoms with Gasteiger partial charge in [-0.2, -0.15) is 5.26 Å². The Morgan fingerprint density at radius 1 is 0.864 bits per heavy atom. The molecule has 122 valence electrons. The van der Waals surface area contributed by atoms with Crippen LogP contribution in [0.15, 0.2) is 24.3 Å². The molecule has 0 fully saturated rings. The van der Waals surface area contributed by atoms with E-state index in [2.05, 4.69) is 11.1 Å². The number of anilines is 1. The first-order valence-corrected chi connectivity index (χ1v) is 9.30. The largest absolute Gasteiger partial charge is 0.631 e. The maximum absolute atomic E-state index is 8.88. The molecule has 22 heavy (non-hydrogen) atoms. The lowest BCUT2D eigenvalue weighted by molar-refractivity contribution is 0.00913. The predicted octanol–water partition coefficient (Wildman–Crippen LogP) is 3.68. The second-order valence-corrected chi connectivity index (χ2v) is 7.94. The Morgan fingerprint density at radius 3 is 1.59 bits per heavy atom. The molecule has 0 amide bonds. The van der Waals surface area contributed by atoms with Crippen molar-refractivity contribution in [2.24, 2.45) is 0 Å². The Kier molecular flexibility index (Phi) is 7.03. The SMILES string of the molecule is CC(C)O[Si](Nc1ccc(C#N)cc1)(OC(C)C)OC(C)C.